The van der Waals surface area contributed by atoms with Gasteiger partial charge in [0.1, 0.15) is 0 Å². The van der Waals surface area contributed by atoms with Crippen molar-refractivity contribution in [3.05, 3.63) is 23.5 Å². The van der Waals surface area contributed by atoms with Gasteiger partial charge in [-0.1, -0.05) is 18.1 Å². The van der Waals surface area contributed by atoms with Crippen LogP contribution in [-0.2, 0) is 7.05 Å². The number of aromatic nitrogens is 2. The van der Waals surface area contributed by atoms with Gasteiger partial charge in [-0.15, -0.1) is 0 Å². The molecular formula is C13H21N3. The largest absolute Gasteiger partial charge is 0.314 e. The van der Waals surface area contributed by atoms with Crippen LogP contribution in [0.3, 0.4) is 0 Å². The van der Waals surface area contributed by atoms with Crippen LogP contribution in [0.15, 0.2) is 18.0 Å². The van der Waals surface area contributed by atoms with Crippen LogP contribution in [-0.4, -0.2) is 22.4 Å². The summed E-state index contributed by atoms with van der Waals surface area (Å²) in [6.07, 6.45) is 11.4. The number of aryl methyl sites for hydroxylation is 1. The summed E-state index contributed by atoms with van der Waals surface area (Å²) in [4.78, 5) is 0. The van der Waals surface area contributed by atoms with Crippen LogP contribution in [0.25, 0.3) is 6.08 Å². The fraction of sp³-hybridized carbons (Fsp3) is 0.615. The highest BCUT2D eigenvalue weighted by atomic mass is 15.2. The van der Waals surface area contributed by atoms with Crippen molar-refractivity contribution in [3.8, 4) is 0 Å². The molecule has 3 nitrogen and oxygen atoms in total. The van der Waals surface area contributed by atoms with Gasteiger partial charge in [0.2, 0.25) is 0 Å². The molecule has 0 amide bonds. The zero-order valence-corrected chi connectivity index (χ0v) is 10.2. The summed E-state index contributed by atoms with van der Waals surface area (Å²) < 4.78 is 1.85. The second kappa shape index (κ2) is 5.30. The maximum absolute atomic E-state index is 4.17. The van der Waals surface area contributed by atoms with Gasteiger partial charge < -0.3 is 5.32 Å². The van der Waals surface area contributed by atoms with Crippen LogP contribution in [0.4, 0.5) is 0 Å². The minimum atomic E-state index is 0.682. The molecule has 0 aromatic carbocycles. The monoisotopic (exact) mass is 219 g/mol. The van der Waals surface area contributed by atoms with Crippen molar-refractivity contribution in [2.45, 2.75) is 38.6 Å². The number of hydrogen-bond donors (Lipinski definition) is 1. The third kappa shape index (κ3) is 3.20. The van der Waals surface area contributed by atoms with Crippen LogP contribution < -0.4 is 5.32 Å². The molecule has 1 unspecified atom stereocenters. The summed E-state index contributed by atoms with van der Waals surface area (Å²) in [5, 5.41) is 7.75. The number of piperidine rings is 1. The van der Waals surface area contributed by atoms with Gasteiger partial charge in [-0.25, -0.2) is 0 Å². The average Bonchev–Trinajstić information content (AvgIpc) is 2.65. The highest BCUT2D eigenvalue weighted by Crippen LogP contribution is 2.16. The standard InChI is InChI=1S/C13H21N3/c1-11(7-12-9-15-16(2)10-12)8-13-5-3-4-6-14-13/h7,9-10,13-14H,3-6,8H2,1-2H3. The number of nitrogens with one attached hydrogen (secondary N) is 1. The number of rotatable bonds is 3. The Morgan fingerprint density at radius 2 is 2.50 bits per heavy atom. The van der Waals surface area contributed by atoms with Crippen molar-refractivity contribution in [3.63, 3.8) is 0 Å². The van der Waals surface area contributed by atoms with Crippen LogP contribution in [0.5, 0.6) is 0 Å². The molecule has 1 aliphatic heterocycles. The van der Waals surface area contributed by atoms with Gasteiger partial charge in [0, 0.05) is 24.8 Å². The highest BCUT2D eigenvalue weighted by molar-refractivity contribution is 5.50. The van der Waals surface area contributed by atoms with E-state index < -0.39 is 0 Å². The molecule has 1 saturated heterocycles. The van der Waals surface area contributed by atoms with Gasteiger partial charge in [-0.3, -0.25) is 4.68 Å². The van der Waals surface area contributed by atoms with Crippen molar-refractivity contribution in [1.82, 2.24) is 15.1 Å². The first kappa shape index (κ1) is 11.4. The molecule has 1 atom stereocenters. The van der Waals surface area contributed by atoms with Gasteiger partial charge in [0.15, 0.2) is 0 Å². The van der Waals surface area contributed by atoms with Gasteiger partial charge in [0.25, 0.3) is 0 Å². The summed E-state index contributed by atoms with van der Waals surface area (Å²) in [7, 11) is 1.95. The lowest BCUT2D eigenvalue weighted by atomic mass is 9.98. The molecule has 1 aromatic rings. The molecule has 2 heterocycles. The van der Waals surface area contributed by atoms with E-state index in [2.05, 4.69) is 29.6 Å². The van der Waals surface area contributed by atoms with E-state index in [0.717, 1.165) is 6.42 Å². The molecule has 0 saturated carbocycles. The fourth-order valence-electron chi connectivity index (χ4n) is 2.34. The molecule has 0 spiro atoms. The maximum atomic E-state index is 4.17. The van der Waals surface area contributed by atoms with Crippen LogP contribution in [0.1, 0.15) is 38.2 Å². The fourth-order valence-corrected chi connectivity index (χ4v) is 2.34. The van der Waals surface area contributed by atoms with Gasteiger partial charge >= 0.3 is 0 Å². The van der Waals surface area contributed by atoms with E-state index in [1.54, 1.807) is 0 Å². The van der Waals surface area contributed by atoms with Crippen LogP contribution in [0.2, 0.25) is 0 Å². The molecule has 1 fully saturated rings. The maximum Gasteiger partial charge on any atom is 0.0562 e. The Bertz CT molecular complexity index is 359. The summed E-state index contributed by atoms with van der Waals surface area (Å²) in [6, 6.07) is 0.682. The molecule has 2 rings (SSSR count). The quantitative estimate of drug-likeness (QED) is 0.845. The lowest BCUT2D eigenvalue weighted by Crippen LogP contribution is -2.33. The summed E-state index contributed by atoms with van der Waals surface area (Å²) in [5.41, 5.74) is 2.64. The zero-order valence-electron chi connectivity index (χ0n) is 10.2. The normalized spacial score (nSPS) is 22.4. The van der Waals surface area contributed by atoms with Gasteiger partial charge in [0.05, 0.1) is 6.20 Å². The number of nitrogens with zero attached hydrogens (tertiary/aromatic N) is 2. The topological polar surface area (TPSA) is 29.9 Å². The highest BCUT2D eigenvalue weighted by Gasteiger charge is 2.12. The Kier molecular flexibility index (Phi) is 3.78. The lowest BCUT2D eigenvalue weighted by Gasteiger charge is -2.23. The Balaban J connectivity index is 1.91. The molecule has 1 N–H and O–H groups in total. The SMILES string of the molecule is CC(=Cc1cnn(C)c1)CC1CCCCN1. The molecule has 1 aromatic heterocycles. The second-order valence-electron chi connectivity index (χ2n) is 4.79. The predicted octanol–water partition coefficient (Wildman–Crippen LogP) is 2.36. The van der Waals surface area contributed by atoms with Crippen LogP contribution >= 0.6 is 0 Å². The molecule has 0 radical (unpaired) electrons. The van der Waals surface area contributed by atoms with E-state index in [0.29, 0.717) is 6.04 Å². The van der Waals surface area contributed by atoms with E-state index >= 15 is 0 Å². The van der Waals surface area contributed by atoms with Crippen molar-refractivity contribution < 1.29 is 0 Å². The smallest absolute Gasteiger partial charge is 0.0562 e. The van der Waals surface area contributed by atoms with E-state index in [1.807, 2.05) is 17.9 Å². The Morgan fingerprint density at radius 1 is 1.62 bits per heavy atom. The van der Waals surface area contributed by atoms with Crippen molar-refractivity contribution in [2.75, 3.05) is 6.54 Å². The molecule has 16 heavy (non-hydrogen) atoms. The Hall–Kier alpha value is -1.09. The van der Waals surface area contributed by atoms with E-state index in [4.69, 9.17) is 0 Å². The molecule has 3 heteroatoms. The molecule has 88 valence electrons. The van der Waals surface area contributed by atoms with Crippen molar-refractivity contribution in [1.29, 1.82) is 0 Å². The Labute approximate surface area is 97.5 Å². The molecular weight excluding hydrogens is 198 g/mol. The molecule has 1 aliphatic rings. The summed E-state index contributed by atoms with van der Waals surface area (Å²) in [5.74, 6) is 0. The Morgan fingerprint density at radius 3 is 3.12 bits per heavy atom. The van der Waals surface area contributed by atoms with Gasteiger partial charge in [-0.2, -0.15) is 5.10 Å². The first-order valence-corrected chi connectivity index (χ1v) is 6.13. The van der Waals surface area contributed by atoms with Gasteiger partial charge in [-0.05, 0) is 32.7 Å². The van der Waals surface area contributed by atoms with E-state index in [-0.39, 0.29) is 0 Å². The molecule has 0 aliphatic carbocycles. The van der Waals surface area contributed by atoms with Crippen molar-refractivity contribution in [2.24, 2.45) is 7.05 Å². The third-order valence-electron chi connectivity index (χ3n) is 3.12. The lowest BCUT2D eigenvalue weighted by molar-refractivity contribution is 0.399. The zero-order chi connectivity index (χ0) is 11.4. The van der Waals surface area contributed by atoms with Crippen molar-refractivity contribution >= 4 is 6.08 Å². The molecule has 0 bridgehead atoms. The van der Waals surface area contributed by atoms with Crippen LogP contribution in [0, 0.1) is 0 Å². The van der Waals surface area contributed by atoms with E-state index in [9.17, 15) is 0 Å². The predicted molar refractivity (Wildman–Crippen MR) is 67.1 cm³/mol. The first-order chi connectivity index (χ1) is 7.74. The third-order valence-corrected chi connectivity index (χ3v) is 3.12. The minimum absolute atomic E-state index is 0.682. The second-order valence-corrected chi connectivity index (χ2v) is 4.79. The van der Waals surface area contributed by atoms with E-state index in [1.165, 1.54) is 36.9 Å². The first-order valence-electron chi connectivity index (χ1n) is 6.13. The average molecular weight is 219 g/mol. The number of hydrogen-bond acceptors (Lipinski definition) is 2. The minimum Gasteiger partial charge on any atom is -0.314 e. The summed E-state index contributed by atoms with van der Waals surface area (Å²) >= 11 is 0. The summed E-state index contributed by atoms with van der Waals surface area (Å²) in [6.45, 7) is 3.40.